The molecule has 0 heterocycles. The summed E-state index contributed by atoms with van der Waals surface area (Å²) < 4.78 is 11.0. The van der Waals surface area contributed by atoms with Gasteiger partial charge in [0.05, 0.1) is 16.9 Å². The molecule has 2 rings (SSSR count). The third-order valence-electron chi connectivity index (χ3n) is 4.07. The maximum atomic E-state index is 12.6. The Morgan fingerprint density at radius 2 is 1.73 bits per heavy atom. The van der Waals surface area contributed by atoms with Crippen molar-refractivity contribution >= 4 is 23.8 Å². The topological polar surface area (TPSA) is 110 Å². The number of rotatable bonds is 10. The molecule has 0 aliphatic carbocycles. The average molecular weight is 410 g/mol. The summed E-state index contributed by atoms with van der Waals surface area (Å²) in [4.78, 5) is 34.4. The number of carboxylic acids is 2. The largest absolute Gasteiger partial charge is 0.481 e. The zero-order valence-electron chi connectivity index (χ0n) is 16.6. The van der Waals surface area contributed by atoms with Gasteiger partial charge in [-0.15, -0.1) is 0 Å². The minimum absolute atomic E-state index is 0.0948. The zero-order chi connectivity index (χ0) is 22.1. The fourth-order valence-electron chi connectivity index (χ4n) is 2.51. The molecule has 0 spiro atoms. The molecule has 7 nitrogen and oxygen atoms in total. The summed E-state index contributed by atoms with van der Waals surface area (Å²) in [5.74, 6) is -1.36. The number of aliphatic carboxylic acids is 1. The highest BCUT2D eigenvalue weighted by atomic mass is 16.5. The molecule has 0 aliphatic heterocycles. The second kappa shape index (κ2) is 10.6. The van der Waals surface area contributed by atoms with Gasteiger partial charge in [0.15, 0.2) is 12.4 Å². The lowest BCUT2D eigenvalue weighted by Gasteiger charge is -2.12. The summed E-state index contributed by atoms with van der Waals surface area (Å²) in [6.07, 6.45) is 5.33. The lowest BCUT2D eigenvalue weighted by atomic mass is 10.1. The molecule has 0 aliphatic rings. The lowest BCUT2D eigenvalue weighted by molar-refractivity contribution is -0.139. The van der Waals surface area contributed by atoms with Crippen molar-refractivity contribution in [3.05, 3.63) is 77.1 Å². The Labute approximate surface area is 173 Å². The van der Waals surface area contributed by atoms with Gasteiger partial charge in [0.2, 0.25) is 0 Å². The fraction of sp³-hybridized carbons (Fsp3) is 0.174. The molecule has 0 bridgehead atoms. The van der Waals surface area contributed by atoms with Gasteiger partial charge in [-0.05, 0) is 48.9 Å². The van der Waals surface area contributed by atoms with E-state index in [1.807, 2.05) is 19.9 Å². The number of ketones is 1. The summed E-state index contributed by atoms with van der Waals surface area (Å²) in [5.41, 5.74) is 0.966. The molecule has 0 amide bonds. The second-order valence-corrected chi connectivity index (χ2v) is 6.18. The predicted molar refractivity (Wildman–Crippen MR) is 111 cm³/mol. The number of hydrogen-bond donors (Lipinski definition) is 2. The normalized spacial score (nSPS) is 11.3. The zero-order valence-corrected chi connectivity index (χ0v) is 16.6. The maximum absolute atomic E-state index is 12.6. The summed E-state index contributed by atoms with van der Waals surface area (Å²) in [7, 11) is 0. The molecule has 0 saturated heterocycles. The molecule has 30 heavy (non-hydrogen) atoms. The molecule has 0 fully saturated rings. The summed E-state index contributed by atoms with van der Waals surface area (Å²) >= 11 is 0. The van der Waals surface area contributed by atoms with Gasteiger partial charge in [-0.25, -0.2) is 9.59 Å². The first kappa shape index (κ1) is 22.4. The molecule has 2 aromatic rings. The Morgan fingerprint density at radius 1 is 1.03 bits per heavy atom. The molecule has 0 atom stereocenters. The molecule has 0 unspecified atom stereocenters. The van der Waals surface area contributed by atoms with Crippen LogP contribution in [-0.4, -0.2) is 34.5 Å². The number of carboxylic acid groups (broad SMARTS) is 2. The first-order valence-corrected chi connectivity index (χ1v) is 9.21. The van der Waals surface area contributed by atoms with Crippen LogP contribution in [0.5, 0.6) is 11.5 Å². The van der Waals surface area contributed by atoms with Crippen molar-refractivity contribution in [1.29, 1.82) is 0 Å². The molecule has 2 aromatic carbocycles. The van der Waals surface area contributed by atoms with Gasteiger partial charge in [-0.1, -0.05) is 25.1 Å². The molecule has 0 radical (unpaired) electrons. The molecule has 0 aromatic heterocycles. The third kappa shape index (κ3) is 6.34. The van der Waals surface area contributed by atoms with Crippen LogP contribution < -0.4 is 9.47 Å². The number of carbonyl (C=O) groups is 3. The van der Waals surface area contributed by atoms with Gasteiger partial charge in [-0.2, -0.15) is 0 Å². The van der Waals surface area contributed by atoms with Gasteiger partial charge < -0.3 is 19.7 Å². The number of allylic oxidation sites excluding steroid dienone is 3. The number of ether oxygens (including phenoxy) is 2. The predicted octanol–water partition coefficient (Wildman–Crippen LogP) is 4.44. The van der Waals surface area contributed by atoms with Crippen LogP contribution in [-0.2, 0) is 4.79 Å². The van der Waals surface area contributed by atoms with Gasteiger partial charge in [0.1, 0.15) is 11.5 Å². The van der Waals surface area contributed by atoms with Gasteiger partial charge in [0, 0.05) is 12.5 Å². The highest BCUT2D eigenvalue weighted by Crippen LogP contribution is 2.27. The Hall–Kier alpha value is -3.87. The third-order valence-corrected chi connectivity index (χ3v) is 4.07. The minimum Gasteiger partial charge on any atom is -0.481 e. The molecule has 2 N–H and O–H groups in total. The van der Waals surface area contributed by atoms with Crippen LogP contribution in [0.3, 0.4) is 0 Å². The van der Waals surface area contributed by atoms with Gasteiger partial charge >= 0.3 is 11.9 Å². The van der Waals surface area contributed by atoms with Crippen molar-refractivity contribution in [3.63, 3.8) is 0 Å². The van der Waals surface area contributed by atoms with E-state index in [9.17, 15) is 14.4 Å². The highest BCUT2D eigenvalue weighted by Gasteiger charge is 2.14. The van der Waals surface area contributed by atoms with E-state index < -0.39 is 24.3 Å². The molecule has 0 saturated carbocycles. The smallest absolute Gasteiger partial charge is 0.341 e. The van der Waals surface area contributed by atoms with Gasteiger partial charge in [-0.3, -0.25) is 4.79 Å². The fourth-order valence-corrected chi connectivity index (χ4v) is 2.51. The Bertz CT molecular complexity index is 985. The Morgan fingerprint density at radius 3 is 2.30 bits per heavy atom. The van der Waals surface area contributed by atoms with E-state index in [0.717, 1.165) is 5.76 Å². The van der Waals surface area contributed by atoms with Crippen LogP contribution in [0.2, 0.25) is 0 Å². The quantitative estimate of drug-likeness (QED) is 0.338. The van der Waals surface area contributed by atoms with E-state index in [0.29, 0.717) is 17.7 Å². The van der Waals surface area contributed by atoms with Crippen LogP contribution in [0, 0.1) is 0 Å². The van der Waals surface area contributed by atoms with Crippen LogP contribution in [0.1, 0.15) is 46.5 Å². The van der Waals surface area contributed by atoms with Crippen LogP contribution >= 0.6 is 0 Å². The summed E-state index contributed by atoms with van der Waals surface area (Å²) in [6.45, 7) is 3.17. The number of benzene rings is 2. The van der Waals surface area contributed by atoms with E-state index in [2.05, 4.69) is 0 Å². The van der Waals surface area contributed by atoms with Crippen molar-refractivity contribution in [2.24, 2.45) is 0 Å². The van der Waals surface area contributed by atoms with Crippen LogP contribution in [0.25, 0.3) is 6.08 Å². The Kier molecular flexibility index (Phi) is 7.93. The van der Waals surface area contributed by atoms with Crippen molar-refractivity contribution in [2.45, 2.75) is 20.3 Å². The molecule has 156 valence electrons. The van der Waals surface area contributed by atoms with E-state index in [1.165, 1.54) is 36.4 Å². The van der Waals surface area contributed by atoms with E-state index in [-0.39, 0.29) is 16.9 Å². The average Bonchev–Trinajstić information content (AvgIpc) is 2.74. The first-order valence-electron chi connectivity index (χ1n) is 9.21. The van der Waals surface area contributed by atoms with Crippen LogP contribution in [0.15, 0.2) is 60.4 Å². The van der Waals surface area contributed by atoms with Gasteiger partial charge in [0.25, 0.3) is 0 Å². The number of hydrogen-bond acceptors (Lipinski definition) is 5. The van der Waals surface area contributed by atoms with Crippen molar-refractivity contribution < 1.29 is 34.1 Å². The van der Waals surface area contributed by atoms with Crippen molar-refractivity contribution in [1.82, 2.24) is 0 Å². The second-order valence-electron chi connectivity index (χ2n) is 6.18. The van der Waals surface area contributed by atoms with Crippen molar-refractivity contribution in [3.8, 4) is 11.5 Å². The molecule has 7 heteroatoms. The summed E-state index contributed by atoms with van der Waals surface area (Å²) in [6, 6.07) is 10.6. The lowest BCUT2D eigenvalue weighted by Crippen LogP contribution is -2.12. The highest BCUT2D eigenvalue weighted by molar-refractivity contribution is 6.08. The maximum Gasteiger partial charge on any atom is 0.341 e. The van der Waals surface area contributed by atoms with Crippen molar-refractivity contribution in [2.75, 3.05) is 6.61 Å². The first-order chi connectivity index (χ1) is 14.3. The van der Waals surface area contributed by atoms with E-state index in [1.54, 1.807) is 18.2 Å². The van der Waals surface area contributed by atoms with Crippen LogP contribution in [0.4, 0.5) is 0 Å². The number of aromatic carboxylic acids is 1. The standard InChI is InChI=1S/C23H22O7/c1-3-17(4-2)30-18-10-11-19(21(13-18)29-14-22(25)26)20(24)12-7-15-5-8-16(9-6-15)23(27)28/h3,5-13H,4,14H2,1-2H3,(H,25,26)(H,27,28)/b12-7+,17-3+. The Balaban J connectivity index is 2.26. The molecular weight excluding hydrogens is 388 g/mol. The van der Waals surface area contributed by atoms with E-state index >= 15 is 0 Å². The van der Waals surface area contributed by atoms with E-state index in [4.69, 9.17) is 19.7 Å². The number of carbonyl (C=O) groups excluding carboxylic acids is 1. The molecular formula is C23H22O7. The SMILES string of the molecule is C/C=C(\CC)Oc1ccc(C(=O)/C=C/c2ccc(C(=O)O)cc2)c(OCC(=O)O)c1. The summed E-state index contributed by atoms with van der Waals surface area (Å²) in [5, 5.41) is 17.8. The minimum atomic E-state index is -1.17. The monoisotopic (exact) mass is 410 g/mol.